The number of carbonyl (C=O) groups is 2. The fourth-order valence-electron chi connectivity index (χ4n) is 2.96. The van der Waals surface area contributed by atoms with Crippen LogP contribution in [-0.4, -0.2) is 30.8 Å². The molecule has 7 heteroatoms. The van der Waals surface area contributed by atoms with Crippen LogP contribution >= 0.6 is 0 Å². The van der Waals surface area contributed by atoms with Gasteiger partial charge >= 0.3 is 18.1 Å². The number of esters is 2. The minimum atomic E-state index is -4.43. The maximum atomic E-state index is 11.7. The van der Waals surface area contributed by atoms with E-state index in [1.807, 2.05) is 13.8 Å². The molecule has 2 unspecified atom stereocenters. The molecule has 2 atom stereocenters. The molecule has 4 nitrogen and oxygen atoms in total. The molecular formula is C22H39F3O4. The third-order valence-electron chi connectivity index (χ3n) is 5.59. The van der Waals surface area contributed by atoms with E-state index in [4.69, 9.17) is 4.74 Å². The van der Waals surface area contributed by atoms with Crippen LogP contribution in [0.5, 0.6) is 0 Å². The number of alkyl halides is 3. The molecule has 0 heterocycles. The fourth-order valence-corrected chi connectivity index (χ4v) is 2.96. The summed E-state index contributed by atoms with van der Waals surface area (Å²) in [7, 11) is 0. The summed E-state index contributed by atoms with van der Waals surface area (Å²) >= 11 is 0. The zero-order chi connectivity index (χ0) is 22.8. The van der Waals surface area contributed by atoms with Gasteiger partial charge in [-0.2, -0.15) is 13.2 Å². The summed E-state index contributed by atoms with van der Waals surface area (Å²) < 4.78 is 44.1. The third-order valence-corrected chi connectivity index (χ3v) is 5.59. The molecule has 1 saturated carbocycles. The van der Waals surface area contributed by atoms with Crippen LogP contribution in [0, 0.1) is 23.2 Å². The Balaban J connectivity index is 0.000000578. The Hall–Kier alpha value is -1.27. The van der Waals surface area contributed by atoms with Gasteiger partial charge in [0.2, 0.25) is 0 Å². The van der Waals surface area contributed by atoms with E-state index < -0.39 is 24.7 Å². The van der Waals surface area contributed by atoms with E-state index in [2.05, 4.69) is 25.5 Å². The van der Waals surface area contributed by atoms with Crippen molar-refractivity contribution in [1.29, 1.82) is 0 Å². The summed E-state index contributed by atoms with van der Waals surface area (Å²) in [5.74, 6) is -0.440. The molecule has 0 aromatic carbocycles. The van der Waals surface area contributed by atoms with Gasteiger partial charge in [-0.25, -0.2) is 0 Å². The van der Waals surface area contributed by atoms with E-state index in [-0.39, 0.29) is 18.0 Å². The molecule has 1 fully saturated rings. The van der Waals surface area contributed by atoms with E-state index >= 15 is 0 Å². The van der Waals surface area contributed by atoms with Gasteiger partial charge in [-0.3, -0.25) is 9.59 Å². The SMILES string of the molecule is CCC(C)C(=O)OC1CCC(C(C)(C)C)CC1.CCC(C)C(=O)OCC(F)(F)F. The summed E-state index contributed by atoms with van der Waals surface area (Å²) in [4.78, 5) is 22.4. The minimum Gasteiger partial charge on any atom is -0.462 e. The van der Waals surface area contributed by atoms with Gasteiger partial charge in [-0.1, -0.05) is 48.5 Å². The minimum absolute atomic E-state index is 0.00768. The maximum Gasteiger partial charge on any atom is 0.422 e. The Morgan fingerprint density at radius 3 is 1.72 bits per heavy atom. The standard InChI is InChI=1S/C15H28O2.C7H11F3O2/c1-6-11(2)14(16)17-13-9-7-12(8-10-13)15(3,4)5;1-3-5(2)6(11)12-4-7(8,9)10/h11-13H,6-10H2,1-5H3;5H,3-4H2,1-2H3. The van der Waals surface area contributed by atoms with Crippen LogP contribution in [-0.2, 0) is 19.1 Å². The van der Waals surface area contributed by atoms with Crippen molar-refractivity contribution in [3.05, 3.63) is 0 Å². The molecule has 0 aliphatic heterocycles. The third kappa shape index (κ3) is 12.1. The predicted octanol–water partition coefficient (Wildman–Crippen LogP) is 6.32. The highest BCUT2D eigenvalue weighted by molar-refractivity contribution is 5.72. The smallest absolute Gasteiger partial charge is 0.422 e. The quantitative estimate of drug-likeness (QED) is 0.468. The van der Waals surface area contributed by atoms with Crippen molar-refractivity contribution in [2.45, 2.75) is 99.3 Å². The van der Waals surface area contributed by atoms with Gasteiger partial charge in [0.05, 0.1) is 11.8 Å². The lowest BCUT2D eigenvalue weighted by Crippen LogP contribution is -2.31. The van der Waals surface area contributed by atoms with Crippen molar-refractivity contribution in [3.8, 4) is 0 Å². The average molecular weight is 425 g/mol. The van der Waals surface area contributed by atoms with Gasteiger partial charge in [0.25, 0.3) is 0 Å². The van der Waals surface area contributed by atoms with Crippen LogP contribution in [0.4, 0.5) is 13.2 Å². The number of halogens is 3. The lowest BCUT2D eigenvalue weighted by Gasteiger charge is -2.36. The Morgan fingerprint density at radius 2 is 1.34 bits per heavy atom. The van der Waals surface area contributed by atoms with Gasteiger partial charge in [0, 0.05) is 0 Å². The second kappa shape index (κ2) is 12.4. The lowest BCUT2D eigenvalue weighted by molar-refractivity contribution is -0.188. The largest absolute Gasteiger partial charge is 0.462 e. The maximum absolute atomic E-state index is 11.7. The summed E-state index contributed by atoms with van der Waals surface area (Å²) in [5.41, 5.74) is 0.395. The number of hydrogen-bond acceptors (Lipinski definition) is 4. The molecule has 0 aromatic rings. The van der Waals surface area contributed by atoms with Crippen LogP contribution in [0.1, 0.15) is 87.0 Å². The predicted molar refractivity (Wildman–Crippen MR) is 107 cm³/mol. The molecule has 172 valence electrons. The van der Waals surface area contributed by atoms with Gasteiger partial charge < -0.3 is 9.47 Å². The molecule has 0 spiro atoms. The monoisotopic (exact) mass is 424 g/mol. The number of rotatable bonds is 6. The second-order valence-corrected chi connectivity index (χ2v) is 9.12. The van der Waals surface area contributed by atoms with E-state index in [0.29, 0.717) is 11.8 Å². The molecule has 1 aliphatic carbocycles. The highest BCUT2D eigenvalue weighted by Gasteiger charge is 2.32. The van der Waals surface area contributed by atoms with Crippen LogP contribution in [0.2, 0.25) is 0 Å². The molecule has 1 rings (SSSR count). The van der Waals surface area contributed by atoms with Crippen LogP contribution in [0.3, 0.4) is 0 Å². The van der Waals surface area contributed by atoms with Crippen LogP contribution < -0.4 is 0 Å². The topological polar surface area (TPSA) is 52.6 Å². The average Bonchev–Trinajstić information content (AvgIpc) is 2.64. The highest BCUT2D eigenvalue weighted by atomic mass is 19.4. The molecule has 0 bridgehead atoms. The first kappa shape index (κ1) is 27.7. The molecule has 0 radical (unpaired) electrons. The highest BCUT2D eigenvalue weighted by Crippen LogP contribution is 2.38. The van der Waals surface area contributed by atoms with E-state index in [9.17, 15) is 22.8 Å². The number of hydrogen-bond donors (Lipinski definition) is 0. The molecule has 0 saturated heterocycles. The normalized spacial score (nSPS) is 22.0. The Morgan fingerprint density at radius 1 is 0.897 bits per heavy atom. The van der Waals surface area contributed by atoms with E-state index in [1.54, 1.807) is 6.92 Å². The molecular weight excluding hydrogens is 385 g/mol. The van der Waals surface area contributed by atoms with Crippen LogP contribution in [0.15, 0.2) is 0 Å². The molecule has 29 heavy (non-hydrogen) atoms. The van der Waals surface area contributed by atoms with Crippen molar-refractivity contribution in [2.24, 2.45) is 23.2 Å². The first-order chi connectivity index (χ1) is 13.2. The van der Waals surface area contributed by atoms with Crippen molar-refractivity contribution in [3.63, 3.8) is 0 Å². The second-order valence-electron chi connectivity index (χ2n) is 9.12. The fraction of sp³-hybridized carbons (Fsp3) is 0.909. The van der Waals surface area contributed by atoms with Crippen molar-refractivity contribution >= 4 is 11.9 Å². The van der Waals surface area contributed by atoms with Gasteiger partial charge in [0.15, 0.2) is 6.61 Å². The number of carbonyl (C=O) groups excluding carboxylic acids is 2. The number of ether oxygens (including phenoxy) is 2. The Labute approximate surface area is 173 Å². The molecule has 0 aromatic heterocycles. The van der Waals surface area contributed by atoms with Crippen molar-refractivity contribution in [2.75, 3.05) is 6.61 Å². The Bertz CT molecular complexity index is 489. The van der Waals surface area contributed by atoms with Crippen LogP contribution in [0.25, 0.3) is 0 Å². The summed E-state index contributed by atoms with van der Waals surface area (Å²) in [6, 6.07) is 0. The summed E-state index contributed by atoms with van der Waals surface area (Å²) in [5, 5.41) is 0. The Kier molecular flexibility index (Phi) is 11.9. The molecule has 1 aliphatic rings. The molecule has 0 N–H and O–H groups in total. The lowest BCUT2D eigenvalue weighted by atomic mass is 9.72. The zero-order valence-electron chi connectivity index (χ0n) is 19.0. The first-order valence-electron chi connectivity index (χ1n) is 10.6. The van der Waals surface area contributed by atoms with Gasteiger partial charge in [-0.05, 0) is 49.9 Å². The van der Waals surface area contributed by atoms with Crippen molar-refractivity contribution < 1.29 is 32.2 Å². The molecule has 0 amide bonds. The summed E-state index contributed by atoms with van der Waals surface area (Å²) in [6.45, 7) is 12.6. The zero-order valence-corrected chi connectivity index (χ0v) is 19.0. The van der Waals surface area contributed by atoms with E-state index in [0.717, 1.165) is 25.2 Å². The van der Waals surface area contributed by atoms with Gasteiger partial charge in [-0.15, -0.1) is 0 Å². The van der Waals surface area contributed by atoms with E-state index in [1.165, 1.54) is 19.8 Å². The first-order valence-corrected chi connectivity index (χ1v) is 10.6. The van der Waals surface area contributed by atoms with Gasteiger partial charge in [0.1, 0.15) is 6.10 Å². The van der Waals surface area contributed by atoms with Crippen molar-refractivity contribution in [1.82, 2.24) is 0 Å². The summed E-state index contributed by atoms with van der Waals surface area (Å²) in [6.07, 6.45) is 1.59.